The molecular formula is C15H11N3OS2. The van der Waals surface area contributed by atoms with E-state index in [1.54, 1.807) is 17.4 Å². The number of hydrogen-bond acceptors (Lipinski definition) is 5. The zero-order chi connectivity index (χ0) is 14.5. The van der Waals surface area contributed by atoms with Gasteiger partial charge in [-0.3, -0.25) is 10.1 Å². The monoisotopic (exact) mass is 313 g/mol. The van der Waals surface area contributed by atoms with Crippen LogP contribution in [-0.2, 0) is 4.79 Å². The van der Waals surface area contributed by atoms with Gasteiger partial charge in [-0.05, 0) is 23.1 Å². The summed E-state index contributed by atoms with van der Waals surface area (Å²) in [6.45, 7) is 0. The molecule has 104 valence electrons. The van der Waals surface area contributed by atoms with Crippen LogP contribution in [0.5, 0.6) is 0 Å². The fourth-order valence-electron chi connectivity index (χ4n) is 1.66. The second-order valence-corrected chi connectivity index (χ2v) is 5.92. The molecule has 0 saturated heterocycles. The van der Waals surface area contributed by atoms with Crippen LogP contribution in [-0.4, -0.2) is 16.1 Å². The number of hydrogen-bond donors (Lipinski definition) is 1. The summed E-state index contributed by atoms with van der Waals surface area (Å²) in [6.07, 6.45) is 3.25. The van der Waals surface area contributed by atoms with E-state index in [2.05, 4.69) is 15.5 Å². The van der Waals surface area contributed by atoms with E-state index in [1.165, 1.54) is 17.4 Å². The average Bonchev–Trinajstić information content (AvgIpc) is 3.17. The Bertz CT molecular complexity index is 748. The van der Waals surface area contributed by atoms with Gasteiger partial charge in [0.25, 0.3) is 0 Å². The van der Waals surface area contributed by atoms with Gasteiger partial charge in [-0.1, -0.05) is 41.7 Å². The molecule has 0 saturated carbocycles. The van der Waals surface area contributed by atoms with Crippen molar-refractivity contribution < 1.29 is 4.79 Å². The molecule has 0 fully saturated rings. The Balaban J connectivity index is 1.64. The molecule has 0 bridgehead atoms. The van der Waals surface area contributed by atoms with Gasteiger partial charge in [-0.15, -0.1) is 10.2 Å². The lowest BCUT2D eigenvalue weighted by molar-refractivity contribution is -0.111. The van der Waals surface area contributed by atoms with Crippen LogP contribution in [0, 0.1) is 0 Å². The minimum absolute atomic E-state index is 0.216. The molecule has 6 heteroatoms. The molecule has 0 spiro atoms. The van der Waals surface area contributed by atoms with E-state index in [9.17, 15) is 4.79 Å². The summed E-state index contributed by atoms with van der Waals surface area (Å²) < 4.78 is 0. The van der Waals surface area contributed by atoms with Crippen molar-refractivity contribution in [2.24, 2.45) is 0 Å². The maximum Gasteiger partial charge on any atom is 0.250 e. The van der Waals surface area contributed by atoms with Crippen molar-refractivity contribution in [3.63, 3.8) is 0 Å². The van der Waals surface area contributed by atoms with E-state index in [0.29, 0.717) is 5.13 Å². The second kappa shape index (κ2) is 6.43. The van der Waals surface area contributed by atoms with E-state index in [-0.39, 0.29) is 5.91 Å². The molecule has 0 unspecified atom stereocenters. The van der Waals surface area contributed by atoms with Gasteiger partial charge in [0.2, 0.25) is 11.0 Å². The lowest BCUT2D eigenvalue weighted by Gasteiger charge is -1.94. The van der Waals surface area contributed by atoms with Crippen LogP contribution in [0.25, 0.3) is 16.6 Å². The maximum atomic E-state index is 11.8. The van der Waals surface area contributed by atoms with Crippen molar-refractivity contribution in [2.75, 3.05) is 5.32 Å². The van der Waals surface area contributed by atoms with E-state index >= 15 is 0 Å². The number of carbonyl (C=O) groups excluding carboxylic acids is 1. The molecule has 0 atom stereocenters. The number of nitrogens with one attached hydrogen (secondary N) is 1. The van der Waals surface area contributed by atoms with E-state index in [4.69, 9.17) is 0 Å². The van der Waals surface area contributed by atoms with Gasteiger partial charge in [0.15, 0.2) is 0 Å². The predicted molar refractivity (Wildman–Crippen MR) is 87.3 cm³/mol. The summed E-state index contributed by atoms with van der Waals surface area (Å²) in [5, 5.41) is 16.0. The number of benzene rings is 1. The molecule has 1 aromatic carbocycles. The van der Waals surface area contributed by atoms with E-state index < -0.39 is 0 Å². The standard InChI is InChI=1S/C15H11N3OS2/c19-13(7-6-11-4-2-1-3-5-11)16-15-18-17-14(21-15)12-8-9-20-10-12/h1-10H,(H,16,18,19)/b7-6+. The number of aromatic nitrogens is 2. The van der Waals surface area contributed by atoms with Crippen LogP contribution in [0.2, 0.25) is 0 Å². The first-order chi connectivity index (χ1) is 10.3. The van der Waals surface area contributed by atoms with Gasteiger partial charge in [0, 0.05) is 17.0 Å². The summed E-state index contributed by atoms with van der Waals surface area (Å²) in [5.74, 6) is -0.216. The van der Waals surface area contributed by atoms with Gasteiger partial charge in [0.1, 0.15) is 5.01 Å². The lowest BCUT2D eigenvalue weighted by atomic mass is 10.2. The molecule has 21 heavy (non-hydrogen) atoms. The predicted octanol–water partition coefficient (Wildman–Crippen LogP) is 3.92. The zero-order valence-corrected chi connectivity index (χ0v) is 12.5. The van der Waals surface area contributed by atoms with Crippen LogP contribution >= 0.6 is 22.7 Å². The van der Waals surface area contributed by atoms with Gasteiger partial charge in [0.05, 0.1) is 0 Å². The van der Waals surface area contributed by atoms with Crippen molar-refractivity contribution in [1.82, 2.24) is 10.2 Å². The topological polar surface area (TPSA) is 54.9 Å². The minimum atomic E-state index is -0.216. The lowest BCUT2D eigenvalue weighted by Crippen LogP contribution is -2.07. The Hall–Kier alpha value is -2.31. The highest BCUT2D eigenvalue weighted by molar-refractivity contribution is 7.19. The summed E-state index contributed by atoms with van der Waals surface area (Å²) in [4.78, 5) is 11.8. The Kier molecular flexibility index (Phi) is 4.18. The van der Waals surface area contributed by atoms with Crippen molar-refractivity contribution in [2.45, 2.75) is 0 Å². The van der Waals surface area contributed by atoms with Crippen LogP contribution in [0.1, 0.15) is 5.56 Å². The van der Waals surface area contributed by atoms with Gasteiger partial charge in [-0.2, -0.15) is 11.3 Å². The first-order valence-electron chi connectivity index (χ1n) is 6.21. The van der Waals surface area contributed by atoms with Gasteiger partial charge >= 0.3 is 0 Å². The normalized spacial score (nSPS) is 10.9. The molecule has 1 N–H and O–H groups in total. The molecular weight excluding hydrogens is 302 g/mol. The Morgan fingerprint density at radius 3 is 2.76 bits per heavy atom. The van der Waals surface area contributed by atoms with Crippen LogP contribution in [0.15, 0.2) is 53.2 Å². The molecule has 4 nitrogen and oxygen atoms in total. The molecule has 0 aliphatic heterocycles. The highest BCUT2D eigenvalue weighted by Gasteiger charge is 2.08. The van der Waals surface area contributed by atoms with Gasteiger partial charge < -0.3 is 0 Å². The fourth-order valence-corrected chi connectivity index (χ4v) is 3.12. The molecule has 3 rings (SSSR count). The van der Waals surface area contributed by atoms with Crippen molar-refractivity contribution in [3.05, 3.63) is 58.8 Å². The van der Waals surface area contributed by atoms with Crippen LogP contribution in [0.3, 0.4) is 0 Å². The van der Waals surface area contributed by atoms with Crippen LogP contribution < -0.4 is 5.32 Å². The highest BCUT2D eigenvalue weighted by Crippen LogP contribution is 2.27. The number of carbonyl (C=O) groups is 1. The number of rotatable bonds is 4. The minimum Gasteiger partial charge on any atom is -0.297 e. The quantitative estimate of drug-likeness (QED) is 0.743. The number of thiophene rings is 1. The van der Waals surface area contributed by atoms with E-state index in [0.717, 1.165) is 16.1 Å². The molecule has 2 aromatic heterocycles. The third-order valence-corrected chi connectivity index (χ3v) is 4.22. The molecule has 0 aliphatic rings. The molecule has 1 amide bonds. The third kappa shape index (κ3) is 3.62. The van der Waals surface area contributed by atoms with Crippen molar-refractivity contribution in [3.8, 4) is 10.6 Å². The first kappa shape index (κ1) is 13.7. The first-order valence-corrected chi connectivity index (χ1v) is 7.97. The van der Waals surface area contributed by atoms with Crippen molar-refractivity contribution in [1.29, 1.82) is 0 Å². The number of nitrogens with zero attached hydrogens (tertiary/aromatic N) is 2. The highest BCUT2D eigenvalue weighted by atomic mass is 32.1. The van der Waals surface area contributed by atoms with Crippen molar-refractivity contribution >= 4 is 39.8 Å². The number of anilines is 1. The van der Waals surface area contributed by atoms with Crippen LogP contribution in [0.4, 0.5) is 5.13 Å². The SMILES string of the molecule is O=C(/C=C/c1ccccc1)Nc1nnc(-c2ccsc2)s1. The zero-order valence-electron chi connectivity index (χ0n) is 10.9. The number of amides is 1. The maximum absolute atomic E-state index is 11.8. The largest absolute Gasteiger partial charge is 0.297 e. The Morgan fingerprint density at radius 1 is 1.14 bits per heavy atom. The van der Waals surface area contributed by atoms with Gasteiger partial charge in [-0.25, -0.2) is 0 Å². The molecule has 0 aliphatic carbocycles. The molecule has 0 radical (unpaired) electrons. The Morgan fingerprint density at radius 2 is 2.00 bits per heavy atom. The summed E-state index contributed by atoms with van der Waals surface area (Å²) >= 11 is 2.96. The third-order valence-electron chi connectivity index (χ3n) is 2.65. The second-order valence-electron chi connectivity index (χ2n) is 4.16. The summed E-state index contributed by atoms with van der Waals surface area (Å²) in [5.41, 5.74) is 2.00. The molecule has 3 aromatic rings. The summed E-state index contributed by atoms with van der Waals surface area (Å²) in [6, 6.07) is 11.6. The fraction of sp³-hybridized carbons (Fsp3) is 0. The average molecular weight is 313 g/mol. The Labute approximate surface area is 129 Å². The summed E-state index contributed by atoms with van der Waals surface area (Å²) in [7, 11) is 0. The van der Waals surface area contributed by atoms with E-state index in [1.807, 2.05) is 47.2 Å². The smallest absolute Gasteiger partial charge is 0.250 e. The molecule has 2 heterocycles.